The Balaban J connectivity index is 0.000000337. The number of nitrogens with zero attached hydrogens (tertiary/aromatic N) is 3. The summed E-state index contributed by atoms with van der Waals surface area (Å²) in [5.41, 5.74) is 14.3. The minimum absolute atomic E-state index is 0.139. The van der Waals surface area contributed by atoms with Gasteiger partial charge in [-0.3, -0.25) is 0 Å². The summed E-state index contributed by atoms with van der Waals surface area (Å²) in [6, 6.07) is 48.5. The molecule has 0 aliphatic carbocycles. The Morgan fingerprint density at radius 2 is 0.981 bits per heavy atom. The molecule has 0 unspecified atom stereocenters. The second kappa shape index (κ2) is 14.5. The van der Waals surface area contributed by atoms with E-state index >= 15 is 0 Å². The summed E-state index contributed by atoms with van der Waals surface area (Å²) in [7, 11) is 0. The summed E-state index contributed by atoms with van der Waals surface area (Å²) in [4.78, 5) is 27.5. The quantitative estimate of drug-likeness (QED) is 0.105. The van der Waals surface area contributed by atoms with Gasteiger partial charge in [-0.2, -0.15) is 0 Å². The number of H-pyrrole nitrogens is 2. The summed E-state index contributed by atoms with van der Waals surface area (Å²) >= 11 is 2.21. The van der Waals surface area contributed by atoms with Crippen LogP contribution in [0.1, 0.15) is 22.8 Å². The fraction of sp³-hybridized carbons (Fsp3) is 0. The number of hydrogen-bond donors (Lipinski definition) is 2. The number of non-ortho nitro benzene ring substituents is 1. The van der Waals surface area contributed by atoms with Crippen molar-refractivity contribution >= 4 is 55.8 Å². The van der Waals surface area contributed by atoms with Crippen LogP contribution >= 0.6 is 0 Å². The minimum atomic E-state index is -0.405. The van der Waals surface area contributed by atoms with Gasteiger partial charge in [0.25, 0.3) is 0 Å². The Bertz CT molecular complexity index is 2630. The van der Waals surface area contributed by atoms with E-state index in [1.54, 1.807) is 12.1 Å². The molecule has 8 heteroatoms. The molecule has 0 radical (unpaired) electrons. The van der Waals surface area contributed by atoms with Gasteiger partial charge < -0.3 is 9.97 Å². The van der Waals surface area contributed by atoms with Gasteiger partial charge in [0.05, 0.1) is 22.8 Å². The molecule has 0 fully saturated rings. The molecule has 4 aromatic carbocycles. The van der Waals surface area contributed by atoms with Crippen LogP contribution in [0.25, 0.3) is 79.8 Å². The predicted molar refractivity (Wildman–Crippen MR) is 208 cm³/mol. The van der Waals surface area contributed by atoms with E-state index in [0.29, 0.717) is 0 Å². The van der Waals surface area contributed by atoms with Gasteiger partial charge in [-0.25, -0.2) is 9.97 Å². The van der Waals surface area contributed by atoms with Gasteiger partial charge in [0.1, 0.15) is 0 Å². The van der Waals surface area contributed by atoms with E-state index in [-0.39, 0.29) is 5.69 Å². The third kappa shape index (κ3) is 6.84. The number of hydrogen-bond acceptors (Lipinski definition) is 4. The topological polar surface area (TPSA) is 101 Å². The molecule has 0 spiro atoms. The molecule has 2 aliphatic rings. The number of nitro groups is 1. The van der Waals surface area contributed by atoms with Gasteiger partial charge in [-0.05, 0) is 71.3 Å². The van der Waals surface area contributed by atoms with Crippen molar-refractivity contribution in [3.8, 4) is 33.4 Å². The van der Waals surface area contributed by atoms with E-state index < -0.39 is 4.92 Å². The zero-order valence-corrected chi connectivity index (χ0v) is 29.8. The Kier molecular flexibility index (Phi) is 9.12. The van der Waals surface area contributed by atoms with Gasteiger partial charge in [0, 0.05) is 38.8 Å². The average molecular weight is 858 g/mol. The van der Waals surface area contributed by atoms with E-state index in [1.165, 1.54) is 12.1 Å². The van der Waals surface area contributed by atoms with E-state index in [0.717, 1.165) is 82.0 Å². The molecule has 2 N–H and O–H groups in total. The standard InChI is InChI=1S/C38H26N4.C6H4NO2.Au/c1-4-10-25(11-5-1)36-30-18-16-28(39-30)24-29-17-19-31(40-29)37(26-12-6-2-7-13-26)33-21-23-35(42-33)38(27-14-8-3-9-15-27)34-22-20-32(36)41-34;8-7(9)6-4-2-1-3-5-6;/h1-24,39,42H;1-2,4-5H;. The molecule has 254 valence electrons. The summed E-state index contributed by atoms with van der Waals surface area (Å²) in [6.45, 7) is 0. The third-order valence-corrected chi connectivity index (χ3v) is 9.43. The van der Waals surface area contributed by atoms with Crippen molar-refractivity contribution in [2.24, 2.45) is 0 Å². The van der Waals surface area contributed by atoms with Gasteiger partial charge in [0.2, 0.25) is 0 Å². The first-order valence-corrected chi connectivity index (χ1v) is 17.7. The number of benzene rings is 4. The summed E-state index contributed by atoms with van der Waals surface area (Å²) < 4.78 is 0.856. The van der Waals surface area contributed by atoms with E-state index in [2.05, 4.69) is 158 Å². The van der Waals surface area contributed by atoms with Crippen molar-refractivity contribution in [1.29, 1.82) is 0 Å². The zero-order chi connectivity index (χ0) is 35.4. The molecule has 52 heavy (non-hydrogen) atoms. The van der Waals surface area contributed by atoms with E-state index in [1.807, 2.05) is 18.2 Å². The molecule has 2 aliphatic heterocycles. The molecule has 0 saturated carbocycles. The fourth-order valence-corrected chi connectivity index (χ4v) is 6.96. The van der Waals surface area contributed by atoms with Crippen molar-refractivity contribution in [1.82, 2.24) is 19.9 Å². The van der Waals surface area contributed by atoms with Crippen molar-refractivity contribution in [3.63, 3.8) is 0 Å². The van der Waals surface area contributed by atoms with Crippen molar-refractivity contribution in [3.05, 3.63) is 178 Å². The number of rotatable bonds is 4. The molecule has 0 saturated heterocycles. The van der Waals surface area contributed by atoms with Crippen LogP contribution in [-0.2, 0) is 21.1 Å². The Morgan fingerprint density at radius 1 is 0.500 bits per heavy atom. The van der Waals surface area contributed by atoms with Crippen molar-refractivity contribution < 1.29 is 26.0 Å². The summed E-state index contributed by atoms with van der Waals surface area (Å²) in [6.07, 6.45) is 8.43. The van der Waals surface area contributed by atoms with Crippen LogP contribution in [0.3, 0.4) is 0 Å². The summed E-state index contributed by atoms with van der Waals surface area (Å²) in [5.74, 6) is 0. The van der Waals surface area contributed by atoms with Crippen LogP contribution in [0.2, 0.25) is 0 Å². The molecular formula is C44H30AuN5O2. The zero-order valence-electron chi connectivity index (χ0n) is 27.6. The van der Waals surface area contributed by atoms with Crippen molar-refractivity contribution in [2.45, 2.75) is 0 Å². The maximum atomic E-state index is 10.2. The second-order valence-electron chi connectivity index (χ2n) is 12.1. The second-order valence-corrected chi connectivity index (χ2v) is 13.4. The average Bonchev–Trinajstić information content (AvgIpc) is 4.01. The van der Waals surface area contributed by atoms with Crippen LogP contribution < -0.4 is 3.78 Å². The molecule has 3 aromatic heterocycles. The Hall–Kier alpha value is -6.38. The number of aromatic nitrogens is 4. The van der Waals surface area contributed by atoms with Crippen LogP contribution in [0.4, 0.5) is 5.69 Å². The Morgan fingerprint density at radius 3 is 1.48 bits per heavy atom. The molecule has 9 rings (SSSR count). The van der Waals surface area contributed by atoms with Gasteiger partial charge in [-0.1, -0.05) is 91.0 Å². The maximum absolute atomic E-state index is 10.2. The normalized spacial score (nSPS) is 11.6. The first-order chi connectivity index (χ1) is 25.5. The van der Waals surface area contributed by atoms with Gasteiger partial charge >= 0.3 is 69.8 Å². The molecule has 8 bridgehead atoms. The predicted octanol–water partition coefficient (Wildman–Crippen LogP) is 10.4. The van der Waals surface area contributed by atoms with Crippen LogP contribution in [-0.4, -0.2) is 24.9 Å². The molecule has 0 amide bonds. The van der Waals surface area contributed by atoms with Gasteiger partial charge in [0.15, 0.2) is 0 Å². The van der Waals surface area contributed by atoms with Crippen LogP contribution in [0.15, 0.2) is 146 Å². The summed E-state index contributed by atoms with van der Waals surface area (Å²) in [5, 5.41) is 10.2. The van der Waals surface area contributed by atoms with Gasteiger partial charge in [-0.15, -0.1) is 0 Å². The van der Waals surface area contributed by atoms with E-state index in [9.17, 15) is 10.1 Å². The molecule has 0 atom stereocenters. The van der Waals surface area contributed by atoms with Crippen LogP contribution in [0, 0.1) is 10.1 Å². The first-order valence-electron chi connectivity index (χ1n) is 16.7. The van der Waals surface area contributed by atoms with Crippen LogP contribution in [0.5, 0.6) is 0 Å². The first kappa shape index (κ1) is 32.8. The number of nitrogens with one attached hydrogen (secondary N) is 2. The SMILES string of the molecule is C1=Cc2nc1cc1ccc([nH]1)c(-c1ccccc1)c1nc(c(-c3ccccc3)c3ccc([nH]3)c2-c2ccccc2)C=C1.O=[N+]([O-])c1ccc[c]([Au])c1. The molecule has 7 aromatic rings. The monoisotopic (exact) mass is 857 g/mol. The number of nitro benzene ring substituents is 1. The number of aromatic amines is 2. The van der Waals surface area contributed by atoms with Crippen molar-refractivity contribution in [2.75, 3.05) is 0 Å². The molecule has 5 heterocycles. The third-order valence-electron chi connectivity index (χ3n) is 8.76. The fourth-order valence-electron chi connectivity index (χ4n) is 6.44. The molecule has 7 nitrogen and oxygen atoms in total. The Labute approximate surface area is 312 Å². The molecular weight excluding hydrogens is 827 g/mol. The van der Waals surface area contributed by atoms with E-state index in [4.69, 9.17) is 9.97 Å². The number of fused-ring (bicyclic) bond motifs is 8.